The van der Waals surface area contributed by atoms with E-state index in [-0.39, 0.29) is 6.54 Å². The van der Waals surface area contributed by atoms with Crippen LogP contribution in [0.5, 0.6) is 0 Å². The lowest BCUT2D eigenvalue weighted by Gasteiger charge is -2.08. The van der Waals surface area contributed by atoms with Gasteiger partial charge < -0.3 is 10.6 Å². The highest BCUT2D eigenvalue weighted by atomic mass is 35.5. The van der Waals surface area contributed by atoms with Crippen molar-refractivity contribution in [3.8, 4) is 5.40 Å². The summed E-state index contributed by atoms with van der Waals surface area (Å²) in [5, 5.41) is 16.0. The first-order chi connectivity index (χ1) is 11.1. The minimum atomic E-state index is -0.766. The third-order valence-electron chi connectivity index (χ3n) is 2.88. The number of hydrogen-bond donors (Lipinski definition) is 2. The highest BCUT2D eigenvalue weighted by molar-refractivity contribution is 8.03. The number of nitrogens with one attached hydrogen (secondary N) is 2. The number of benzene rings is 2. The molecule has 0 aliphatic carbocycles. The first kappa shape index (κ1) is 16.9. The molecule has 0 heterocycles. The molecule has 0 saturated carbocycles. The van der Waals surface area contributed by atoms with E-state index in [0.29, 0.717) is 10.7 Å². The van der Waals surface area contributed by atoms with Crippen molar-refractivity contribution in [1.82, 2.24) is 5.32 Å². The third kappa shape index (κ3) is 5.02. The summed E-state index contributed by atoms with van der Waals surface area (Å²) in [6, 6.07) is 13.7. The van der Waals surface area contributed by atoms with E-state index < -0.39 is 11.8 Å². The second-order valence-corrected chi connectivity index (χ2v) is 5.71. The molecular formula is C16H12ClN3O2S. The van der Waals surface area contributed by atoms with Gasteiger partial charge in [0.05, 0.1) is 0 Å². The van der Waals surface area contributed by atoms with Crippen molar-refractivity contribution in [2.24, 2.45) is 0 Å². The first-order valence-corrected chi connectivity index (χ1v) is 7.78. The van der Waals surface area contributed by atoms with Crippen LogP contribution in [0, 0.1) is 10.7 Å². The Balaban J connectivity index is 1.89. The van der Waals surface area contributed by atoms with Gasteiger partial charge in [0.25, 0.3) is 0 Å². The van der Waals surface area contributed by atoms with Crippen LogP contribution in [0.15, 0.2) is 53.4 Å². The molecule has 0 aliphatic heterocycles. The van der Waals surface area contributed by atoms with Gasteiger partial charge in [-0.15, -0.1) is 0 Å². The molecule has 5 nitrogen and oxygen atoms in total. The van der Waals surface area contributed by atoms with E-state index in [0.717, 1.165) is 22.2 Å². The van der Waals surface area contributed by atoms with E-state index in [4.69, 9.17) is 16.9 Å². The molecule has 0 spiro atoms. The summed E-state index contributed by atoms with van der Waals surface area (Å²) in [5.41, 5.74) is 1.21. The summed E-state index contributed by atoms with van der Waals surface area (Å²) >= 11 is 7.00. The number of carbonyl (C=O) groups is 2. The van der Waals surface area contributed by atoms with Crippen molar-refractivity contribution in [1.29, 1.82) is 5.26 Å². The van der Waals surface area contributed by atoms with E-state index in [1.165, 1.54) is 0 Å². The van der Waals surface area contributed by atoms with E-state index in [1.54, 1.807) is 48.5 Å². The van der Waals surface area contributed by atoms with Gasteiger partial charge in [-0.2, -0.15) is 5.26 Å². The number of thioether (sulfide) groups is 1. The minimum absolute atomic E-state index is 0.170. The molecule has 0 atom stereocenters. The smallest absolute Gasteiger partial charge is 0.313 e. The molecule has 0 fully saturated rings. The Kier molecular flexibility index (Phi) is 6.03. The van der Waals surface area contributed by atoms with Crippen molar-refractivity contribution in [3.63, 3.8) is 0 Å². The number of halogens is 1. The fraction of sp³-hybridized carbons (Fsp3) is 0.0625. The number of anilines is 1. The molecule has 116 valence electrons. The van der Waals surface area contributed by atoms with Crippen LogP contribution < -0.4 is 10.6 Å². The number of rotatable bonds is 4. The Labute approximate surface area is 142 Å². The van der Waals surface area contributed by atoms with Crippen LogP contribution in [0.3, 0.4) is 0 Å². The van der Waals surface area contributed by atoms with Gasteiger partial charge in [0.2, 0.25) is 0 Å². The van der Waals surface area contributed by atoms with Gasteiger partial charge in [0, 0.05) is 22.2 Å². The predicted octanol–water partition coefficient (Wildman–Crippen LogP) is 3.17. The Morgan fingerprint density at radius 3 is 2.43 bits per heavy atom. The maximum absolute atomic E-state index is 11.8. The van der Waals surface area contributed by atoms with Gasteiger partial charge in [-0.3, -0.25) is 9.59 Å². The zero-order valence-electron chi connectivity index (χ0n) is 11.9. The Morgan fingerprint density at radius 1 is 1.09 bits per heavy atom. The highest BCUT2D eigenvalue weighted by Gasteiger charge is 2.13. The minimum Gasteiger partial charge on any atom is -0.344 e. The predicted molar refractivity (Wildman–Crippen MR) is 89.8 cm³/mol. The molecule has 23 heavy (non-hydrogen) atoms. The number of nitrogens with zero attached hydrogens (tertiary/aromatic N) is 1. The Bertz CT molecular complexity index is 757. The molecule has 0 aliphatic rings. The SMILES string of the molecule is N#CSc1ccc(NC(=O)C(=O)NCc2ccccc2Cl)cc1. The molecule has 2 N–H and O–H groups in total. The molecule has 0 bridgehead atoms. The van der Waals surface area contributed by atoms with Crippen LogP contribution >= 0.6 is 23.4 Å². The normalized spacial score (nSPS) is 9.74. The molecule has 2 amide bonds. The largest absolute Gasteiger partial charge is 0.344 e. The zero-order valence-corrected chi connectivity index (χ0v) is 13.4. The fourth-order valence-corrected chi connectivity index (χ4v) is 2.32. The Morgan fingerprint density at radius 2 is 1.78 bits per heavy atom. The summed E-state index contributed by atoms with van der Waals surface area (Å²) in [6.07, 6.45) is 0. The fourth-order valence-electron chi connectivity index (χ4n) is 1.74. The van der Waals surface area contributed by atoms with Crippen molar-refractivity contribution in [2.75, 3.05) is 5.32 Å². The van der Waals surface area contributed by atoms with E-state index in [1.807, 2.05) is 5.40 Å². The first-order valence-electron chi connectivity index (χ1n) is 6.58. The lowest BCUT2D eigenvalue weighted by molar-refractivity contribution is -0.136. The topological polar surface area (TPSA) is 82.0 Å². The van der Waals surface area contributed by atoms with Gasteiger partial charge in [-0.25, -0.2) is 0 Å². The third-order valence-corrected chi connectivity index (χ3v) is 3.85. The molecule has 0 radical (unpaired) electrons. The van der Waals surface area contributed by atoms with E-state index in [9.17, 15) is 9.59 Å². The van der Waals surface area contributed by atoms with Crippen LogP contribution in [-0.4, -0.2) is 11.8 Å². The van der Waals surface area contributed by atoms with Crippen molar-refractivity contribution < 1.29 is 9.59 Å². The lowest BCUT2D eigenvalue weighted by Crippen LogP contribution is -2.35. The molecule has 0 saturated heterocycles. The van der Waals surface area contributed by atoms with Crippen LogP contribution in [-0.2, 0) is 16.1 Å². The average Bonchev–Trinajstić information content (AvgIpc) is 2.56. The number of thiocyanates is 1. The van der Waals surface area contributed by atoms with Crippen molar-refractivity contribution in [2.45, 2.75) is 11.4 Å². The van der Waals surface area contributed by atoms with Gasteiger partial charge >= 0.3 is 11.8 Å². The quantitative estimate of drug-likeness (QED) is 0.506. The maximum atomic E-state index is 11.8. The molecule has 0 unspecified atom stereocenters. The van der Waals surface area contributed by atoms with Gasteiger partial charge in [-0.05, 0) is 47.7 Å². The monoisotopic (exact) mass is 345 g/mol. The Hall–Kier alpha value is -2.49. The second kappa shape index (κ2) is 8.22. The van der Waals surface area contributed by atoms with Crippen LogP contribution in [0.4, 0.5) is 5.69 Å². The molecule has 0 aromatic heterocycles. The lowest BCUT2D eigenvalue weighted by atomic mass is 10.2. The molecule has 2 aromatic carbocycles. The summed E-state index contributed by atoms with van der Waals surface area (Å²) in [4.78, 5) is 24.4. The maximum Gasteiger partial charge on any atom is 0.313 e. The summed E-state index contributed by atoms with van der Waals surface area (Å²) < 4.78 is 0. The summed E-state index contributed by atoms with van der Waals surface area (Å²) in [5.74, 6) is -1.52. The van der Waals surface area contributed by atoms with Crippen LogP contribution in [0.25, 0.3) is 0 Å². The number of nitriles is 1. The molecular weight excluding hydrogens is 334 g/mol. The van der Waals surface area contributed by atoms with Gasteiger partial charge in [0.1, 0.15) is 5.40 Å². The van der Waals surface area contributed by atoms with E-state index >= 15 is 0 Å². The standard InChI is InChI=1S/C16H12ClN3O2S/c17-14-4-2-1-3-11(14)9-19-15(21)16(22)20-12-5-7-13(8-6-12)23-10-18/h1-8H,9H2,(H,19,21)(H,20,22). The molecule has 2 aromatic rings. The molecule has 2 rings (SSSR count). The average molecular weight is 346 g/mol. The van der Waals surface area contributed by atoms with Crippen LogP contribution in [0.2, 0.25) is 5.02 Å². The number of hydrogen-bond acceptors (Lipinski definition) is 4. The highest BCUT2D eigenvalue weighted by Crippen LogP contribution is 2.19. The number of amides is 2. The van der Waals surface area contributed by atoms with Crippen LogP contribution in [0.1, 0.15) is 5.56 Å². The van der Waals surface area contributed by atoms with Crippen molar-refractivity contribution >= 4 is 40.9 Å². The van der Waals surface area contributed by atoms with E-state index in [2.05, 4.69) is 10.6 Å². The van der Waals surface area contributed by atoms with Crippen molar-refractivity contribution in [3.05, 3.63) is 59.1 Å². The second-order valence-electron chi connectivity index (χ2n) is 4.45. The zero-order chi connectivity index (χ0) is 16.7. The number of carbonyl (C=O) groups excluding carboxylic acids is 2. The molecule has 7 heteroatoms. The van der Waals surface area contributed by atoms with Gasteiger partial charge in [-0.1, -0.05) is 29.8 Å². The van der Waals surface area contributed by atoms with Gasteiger partial charge in [0.15, 0.2) is 0 Å². The summed E-state index contributed by atoms with van der Waals surface area (Å²) in [6.45, 7) is 0.170. The summed E-state index contributed by atoms with van der Waals surface area (Å²) in [7, 11) is 0.